The van der Waals surface area contributed by atoms with Crippen molar-refractivity contribution in [3.63, 3.8) is 0 Å². The second kappa shape index (κ2) is 5.73. The Bertz CT molecular complexity index is 499. The highest BCUT2D eigenvalue weighted by Crippen LogP contribution is 2.35. The zero-order valence-electron chi connectivity index (χ0n) is 10.4. The Hall–Kier alpha value is -1.37. The fourth-order valence-corrected chi connectivity index (χ4v) is 3.37. The molecule has 1 saturated carbocycles. The Balaban J connectivity index is 2.31. The number of thioether (sulfide) groups is 1. The van der Waals surface area contributed by atoms with E-state index >= 15 is 0 Å². The van der Waals surface area contributed by atoms with Crippen molar-refractivity contribution >= 4 is 23.1 Å². The van der Waals surface area contributed by atoms with Crippen molar-refractivity contribution in [1.82, 2.24) is 0 Å². The van der Waals surface area contributed by atoms with Gasteiger partial charge in [0.2, 0.25) is 5.82 Å². The van der Waals surface area contributed by atoms with E-state index in [-0.39, 0.29) is 11.7 Å². The van der Waals surface area contributed by atoms with Gasteiger partial charge >= 0.3 is 5.69 Å². The molecule has 2 unspecified atom stereocenters. The summed E-state index contributed by atoms with van der Waals surface area (Å²) in [7, 11) is 0. The molecule has 0 radical (unpaired) electrons. The number of nitro benzene ring substituents is 1. The second-order valence-electron chi connectivity index (χ2n) is 4.50. The van der Waals surface area contributed by atoms with Crippen molar-refractivity contribution in [2.45, 2.75) is 30.6 Å². The van der Waals surface area contributed by atoms with Gasteiger partial charge in [-0.15, -0.1) is 0 Å². The third kappa shape index (κ3) is 2.97. The van der Waals surface area contributed by atoms with Crippen LogP contribution in [0, 0.1) is 21.7 Å². The highest BCUT2D eigenvalue weighted by molar-refractivity contribution is 7.99. The lowest BCUT2D eigenvalue weighted by atomic mass is 10.2. The monoisotopic (exact) mass is 288 g/mol. The van der Waals surface area contributed by atoms with Gasteiger partial charge in [0, 0.05) is 23.4 Å². The van der Waals surface area contributed by atoms with Crippen LogP contribution >= 0.6 is 11.8 Å². The Kier molecular flexibility index (Phi) is 4.24. The standard InChI is InChI=1S/C12H14F2N2O2S/c1-19-11-4-2-3-9(11)15-10-6-7(13)5-8(14)12(10)16(17)18/h5-6,9,11,15H,2-4H2,1H3. The van der Waals surface area contributed by atoms with Crippen LogP contribution in [0.1, 0.15) is 19.3 Å². The topological polar surface area (TPSA) is 55.2 Å². The number of hydrogen-bond donors (Lipinski definition) is 1. The van der Waals surface area contributed by atoms with Gasteiger partial charge < -0.3 is 5.32 Å². The van der Waals surface area contributed by atoms with Gasteiger partial charge in [-0.25, -0.2) is 4.39 Å². The molecule has 0 spiro atoms. The van der Waals surface area contributed by atoms with E-state index in [1.807, 2.05) is 6.26 Å². The lowest BCUT2D eigenvalue weighted by Crippen LogP contribution is -2.26. The van der Waals surface area contributed by atoms with Crippen molar-refractivity contribution in [1.29, 1.82) is 0 Å². The van der Waals surface area contributed by atoms with Crippen molar-refractivity contribution in [3.05, 3.63) is 33.9 Å². The molecule has 2 rings (SSSR count). The summed E-state index contributed by atoms with van der Waals surface area (Å²) >= 11 is 1.66. The van der Waals surface area contributed by atoms with Crippen LogP contribution in [-0.2, 0) is 0 Å². The Labute approximate surface area is 113 Å². The van der Waals surface area contributed by atoms with Crippen LogP contribution in [0.3, 0.4) is 0 Å². The number of nitrogens with zero attached hydrogens (tertiary/aromatic N) is 1. The normalized spacial score (nSPS) is 22.5. The van der Waals surface area contributed by atoms with E-state index in [1.165, 1.54) is 0 Å². The van der Waals surface area contributed by atoms with Crippen molar-refractivity contribution < 1.29 is 13.7 Å². The predicted octanol–water partition coefficient (Wildman–Crippen LogP) is 3.57. The Morgan fingerprint density at radius 3 is 2.79 bits per heavy atom. The van der Waals surface area contributed by atoms with Crippen molar-refractivity contribution in [3.8, 4) is 0 Å². The summed E-state index contributed by atoms with van der Waals surface area (Å²) in [4.78, 5) is 10.1. The van der Waals surface area contributed by atoms with E-state index in [2.05, 4.69) is 5.32 Å². The van der Waals surface area contributed by atoms with Crippen LogP contribution in [0.15, 0.2) is 12.1 Å². The maximum Gasteiger partial charge on any atom is 0.327 e. The summed E-state index contributed by atoms with van der Waals surface area (Å²) in [6, 6.07) is 1.52. The SMILES string of the molecule is CSC1CCCC1Nc1cc(F)cc(F)c1[N+](=O)[O-]. The van der Waals surface area contributed by atoms with Crippen LogP contribution in [0.25, 0.3) is 0 Å². The van der Waals surface area contributed by atoms with Crippen molar-refractivity contribution in [2.24, 2.45) is 0 Å². The number of nitrogens with one attached hydrogen (secondary N) is 1. The molecule has 0 aliphatic heterocycles. The largest absolute Gasteiger partial charge is 0.375 e. The van der Waals surface area contributed by atoms with Gasteiger partial charge in [-0.05, 0) is 19.1 Å². The average molecular weight is 288 g/mol. The molecule has 1 aromatic rings. The number of anilines is 1. The molecule has 4 nitrogen and oxygen atoms in total. The summed E-state index contributed by atoms with van der Waals surface area (Å²) in [5.41, 5.74) is -0.762. The molecule has 0 amide bonds. The zero-order valence-corrected chi connectivity index (χ0v) is 11.2. The predicted molar refractivity (Wildman–Crippen MR) is 71.6 cm³/mol. The summed E-state index contributed by atoms with van der Waals surface area (Å²) in [6.07, 6.45) is 4.82. The van der Waals surface area contributed by atoms with Crippen LogP contribution in [-0.4, -0.2) is 22.5 Å². The van der Waals surface area contributed by atoms with E-state index < -0.39 is 22.2 Å². The van der Waals surface area contributed by atoms with Crippen LogP contribution < -0.4 is 5.32 Å². The number of rotatable bonds is 4. The first kappa shape index (κ1) is 14.0. The fourth-order valence-electron chi connectivity index (χ4n) is 2.43. The minimum absolute atomic E-state index is 0.00917. The molecule has 2 atom stereocenters. The average Bonchev–Trinajstić information content (AvgIpc) is 2.74. The highest BCUT2D eigenvalue weighted by atomic mass is 32.2. The Morgan fingerprint density at radius 2 is 2.16 bits per heavy atom. The van der Waals surface area contributed by atoms with E-state index in [1.54, 1.807) is 11.8 Å². The maximum absolute atomic E-state index is 13.5. The van der Waals surface area contributed by atoms with Gasteiger partial charge in [-0.1, -0.05) is 6.42 Å². The van der Waals surface area contributed by atoms with Gasteiger partial charge in [0.1, 0.15) is 11.5 Å². The molecule has 1 N–H and O–H groups in total. The van der Waals surface area contributed by atoms with Gasteiger partial charge in [0.15, 0.2) is 0 Å². The van der Waals surface area contributed by atoms with Gasteiger partial charge in [0.05, 0.1) is 4.92 Å². The summed E-state index contributed by atoms with van der Waals surface area (Å²) < 4.78 is 26.7. The maximum atomic E-state index is 13.5. The van der Waals surface area contributed by atoms with Gasteiger partial charge in [-0.3, -0.25) is 10.1 Å². The van der Waals surface area contributed by atoms with Crippen LogP contribution in [0.4, 0.5) is 20.2 Å². The molecule has 1 aromatic carbocycles. The molecule has 0 bridgehead atoms. The van der Waals surface area contributed by atoms with Gasteiger partial charge in [-0.2, -0.15) is 16.2 Å². The molecule has 104 valence electrons. The van der Waals surface area contributed by atoms with E-state index in [0.717, 1.165) is 25.3 Å². The highest BCUT2D eigenvalue weighted by Gasteiger charge is 2.30. The Morgan fingerprint density at radius 1 is 1.42 bits per heavy atom. The minimum atomic E-state index is -1.15. The smallest absolute Gasteiger partial charge is 0.327 e. The third-order valence-corrected chi connectivity index (χ3v) is 4.48. The number of benzene rings is 1. The summed E-state index contributed by atoms with van der Waals surface area (Å²) in [6.45, 7) is 0. The molecule has 0 aromatic heterocycles. The second-order valence-corrected chi connectivity index (χ2v) is 5.57. The lowest BCUT2D eigenvalue weighted by Gasteiger charge is -2.20. The first-order valence-electron chi connectivity index (χ1n) is 5.95. The quantitative estimate of drug-likeness (QED) is 0.679. The fraction of sp³-hybridized carbons (Fsp3) is 0.500. The van der Waals surface area contributed by atoms with E-state index in [9.17, 15) is 18.9 Å². The van der Waals surface area contributed by atoms with E-state index in [4.69, 9.17) is 0 Å². The summed E-state index contributed by atoms with van der Waals surface area (Å²) in [5, 5.41) is 14.1. The molecular formula is C12H14F2N2O2S. The molecule has 1 fully saturated rings. The van der Waals surface area contributed by atoms with E-state index in [0.29, 0.717) is 11.3 Å². The van der Waals surface area contributed by atoms with Crippen LogP contribution in [0.5, 0.6) is 0 Å². The molecular weight excluding hydrogens is 274 g/mol. The number of hydrogen-bond acceptors (Lipinski definition) is 4. The zero-order chi connectivity index (χ0) is 14.0. The molecule has 1 aliphatic rings. The molecule has 0 heterocycles. The molecule has 0 saturated heterocycles. The summed E-state index contributed by atoms with van der Waals surface area (Å²) in [5.74, 6) is -1.96. The molecule has 19 heavy (non-hydrogen) atoms. The molecule has 1 aliphatic carbocycles. The van der Waals surface area contributed by atoms with Gasteiger partial charge in [0.25, 0.3) is 0 Å². The first-order chi connectivity index (χ1) is 9.02. The number of halogens is 2. The molecule has 7 heteroatoms. The first-order valence-corrected chi connectivity index (χ1v) is 7.24. The number of nitro groups is 1. The minimum Gasteiger partial charge on any atom is -0.375 e. The third-order valence-electron chi connectivity index (χ3n) is 3.31. The van der Waals surface area contributed by atoms with Crippen LogP contribution in [0.2, 0.25) is 0 Å². The van der Waals surface area contributed by atoms with Crippen molar-refractivity contribution in [2.75, 3.05) is 11.6 Å². The lowest BCUT2D eigenvalue weighted by molar-refractivity contribution is -0.386.